The van der Waals surface area contributed by atoms with Crippen LogP contribution in [-0.2, 0) is 4.79 Å². The normalized spacial score (nSPS) is 15.4. The predicted molar refractivity (Wildman–Crippen MR) is 60.0 cm³/mol. The molecule has 0 aliphatic carbocycles. The number of carbonyl (C=O) groups is 1. The number of likely N-dealkylation sites (N-methyl/N-ethyl adjacent to an activating group) is 1. The second-order valence-corrected chi connectivity index (χ2v) is 4.36. The van der Waals surface area contributed by atoms with Crippen LogP contribution >= 0.6 is 0 Å². The molecule has 1 unspecified atom stereocenters. The van der Waals surface area contributed by atoms with E-state index in [4.69, 9.17) is 5.73 Å². The van der Waals surface area contributed by atoms with Crippen LogP contribution in [0, 0.1) is 5.92 Å². The quantitative estimate of drug-likeness (QED) is 0.733. The number of carbonyl (C=O) groups excluding carboxylic acids is 1. The summed E-state index contributed by atoms with van der Waals surface area (Å²) in [4.78, 5) is 13.6. The molecule has 0 rings (SSSR count). The zero-order valence-corrected chi connectivity index (χ0v) is 10.1. The summed E-state index contributed by atoms with van der Waals surface area (Å²) in [5, 5.41) is 0. The van der Waals surface area contributed by atoms with Gasteiger partial charge in [0.05, 0.1) is 6.04 Å². The second kappa shape index (κ2) is 6.02. The van der Waals surface area contributed by atoms with Crippen LogP contribution in [0.1, 0.15) is 40.5 Å². The Hall–Kier alpha value is -0.570. The summed E-state index contributed by atoms with van der Waals surface area (Å²) in [6.07, 6.45) is 2.13. The largest absolute Gasteiger partial charge is 0.342 e. The molecule has 0 bridgehead atoms. The van der Waals surface area contributed by atoms with Crippen LogP contribution in [0.3, 0.4) is 0 Å². The SMILES string of the molecule is CCCC(C)N(C)C(=O)[C@H](N)C(C)C. The first-order chi connectivity index (χ1) is 6.41. The second-order valence-electron chi connectivity index (χ2n) is 4.36. The highest BCUT2D eigenvalue weighted by atomic mass is 16.2. The molecule has 3 heteroatoms. The number of hydrogen-bond donors (Lipinski definition) is 1. The maximum Gasteiger partial charge on any atom is 0.239 e. The van der Waals surface area contributed by atoms with Gasteiger partial charge in [0.25, 0.3) is 0 Å². The van der Waals surface area contributed by atoms with Crippen molar-refractivity contribution >= 4 is 5.91 Å². The molecule has 0 radical (unpaired) electrons. The zero-order valence-electron chi connectivity index (χ0n) is 10.1. The predicted octanol–water partition coefficient (Wildman–Crippen LogP) is 1.62. The van der Waals surface area contributed by atoms with Gasteiger partial charge in [0.1, 0.15) is 0 Å². The maximum atomic E-state index is 11.8. The van der Waals surface area contributed by atoms with Crippen molar-refractivity contribution in [3.63, 3.8) is 0 Å². The Bertz CT molecular complexity index is 180. The minimum absolute atomic E-state index is 0.0564. The number of amides is 1. The summed E-state index contributed by atoms with van der Waals surface area (Å²) < 4.78 is 0. The van der Waals surface area contributed by atoms with Crippen molar-refractivity contribution in [3.8, 4) is 0 Å². The highest BCUT2D eigenvalue weighted by Crippen LogP contribution is 2.08. The Kier molecular flexibility index (Phi) is 5.77. The van der Waals surface area contributed by atoms with Gasteiger partial charge in [0.15, 0.2) is 0 Å². The smallest absolute Gasteiger partial charge is 0.239 e. The van der Waals surface area contributed by atoms with Gasteiger partial charge in [-0.05, 0) is 19.3 Å². The highest BCUT2D eigenvalue weighted by Gasteiger charge is 2.23. The first-order valence-corrected chi connectivity index (χ1v) is 5.44. The molecule has 3 nitrogen and oxygen atoms in total. The van der Waals surface area contributed by atoms with Gasteiger partial charge in [-0.2, -0.15) is 0 Å². The van der Waals surface area contributed by atoms with E-state index in [1.165, 1.54) is 0 Å². The monoisotopic (exact) mass is 200 g/mol. The summed E-state index contributed by atoms with van der Waals surface area (Å²) in [5.41, 5.74) is 5.80. The third-order valence-corrected chi connectivity index (χ3v) is 2.72. The number of nitrogens with zero attached hydrogens (tertiary/aromatic N) is 1. The van der Waals surface area contributed by atoms with E-state index >= 15 is 0 Å². The van der Waals surface area contributed by atoms with Crippen molar-refractivity contribution in [2.75, 3.05) is 7.05 Å². The van der Waals surface area contributed by atoms with Crippen LogP contribution in [0.25, 0.3) is 0 Å². The standard InChI is InChI=1S/C11H24N2O/c1-6-7-9(4)13(5)11(14)10(12)8(2)3/h8-10H,6-7,12H2,1-5H3/t9?,10-/m1/s1. The van der Waals surface area contributed by atoms with E-state index in [0.717, 1.165) is 12.8 Å². The third kappa shape index (κ3) is 3.66. The van der Waals surface area contributed by atoms with Crippen molar-refractivity contribution in [3.05, 3.63) is 0 Å². The van der Waals surface area contributed by atoms with Gasteiger partial charge in [-0.25, -0.2) is 0 Å². The molecule has 0 heterocycles. The average Bonchev–Trinajstić information content (AvgIpc) is 2.14. The molecule has 0 spiro atoms. The van der Waals surface area contributed by atoms with E-state index < -0.39 is 0 Å². The molecule has 14 heavy (non-hydrogen) atoms. The van der Waals surface area contributed by atoms with Crippen LogP contribution < -0.4 is 5.73 Å². The minimum atomic E-state index is -0.362. The lowest BCUT2D eigenvalue weighted by atomic mass is 10.0. The Morgan fingerprint density at radius 1 is 1.36 bits per heavy atom. The van der Waals surface area contributed by atoms with E-state index in [1.54, 1.807) is 4.90 Å². The van der Waals surface area contributed by atoms with Gasteiger partial charge in [-0.1, -0.05) is 27.2 Å². The number of hydrogen-bond acceptors (Lipinski definition) is 2. The van der Waals surface area contributed by atoms with Gasteiger partial charge >= 0.3 is 0 Å². The van der Waals surface area contributed by atoms with Gasteiger partial charge < -0.3 is 10.6 Å². The summed E-state index contributed by atoms with van der Waals surface area (Å²) >= 11 is 0. The molecule has 0 saturated carbocycles. The van der Waals surface area contributed by atoms with Gasteiger partial charge in [-0.3, -0.25) is 4.79 Å². The minimum Gasteiger partial charge on any atom is -0.342 e. The van der Waals surface area contributed by atoms with E-state index in [-0.39, 0.29) is 23.9 Å². The van der Waals surface area contributed by atoms with Crippen molar-refractivity contribution < 1.29 is 4.79 Å². The summed E-state index contributed by atoms with van der Waals surface area (Å²) in [7, 11) is 1.84. The molecule has 0 aliphatic heterocycles. The Balaban J connectivity index is 4.23. The van der Waals surface area contributed by atoms with Crippen molar-refractivity contribution in [1.82, 2.24) is 4.90 Å². The Labute approximate surface area is 87.6 Å². The van der Waals surface area contributed by atoms with Gasteiger partial charge in [0.2, 0.25) is 5.91 Å². The lowest BCUT2D eigenvalue weighted by Gasteiger charge is -2.28. The van der Waals surface area contributed by atoms with Crippen molar-refractivity contribution in [2.24, 2.45) is 11.7 Å². The molecule has 2 N–H and O–H groups in total. The lowest BCUT2D eigenvalue weighted by molar-refractivity contribution is -0.134. The first kappa shape index (κ1) is 13.4. The summed E-state index contributed by atoms with van der Waals surface area (Å²) in [6.45, 7) is 8.13. The highest BCUT2D eigenvalue weighted by molar-refractivity contribution is 5.81. The molecule has 0 saturated heterocycles. The number of rotatable bonds is 5. The summed E-state index contributed by atoms with van der Waals surface area (Å²) in [5.74, 6) is 0.264. The zero-order chi connectivity index (χ0) is 11.3. The van der Waals surface area contributed by atoms with Crippen LogP contribution in [0.4, 0.5) is 0 Å². The van der Waals surface area contributed by atoms with Crippen LogP contribution in [-0.4, -0.2) is 29.9 Å². The van der Waals surface area contributed by atoms with Crippen molar-refractivity contribution in [1.29, 1.82) is 0 Å². The molecule has 0 aromatic rings. The van der Waals surface area contributed by atoms with E-state index in [9.17, 15) is 4.79 Å². The number of nitrogens with two attached hydrogens (primary N) is 1. The van der Waals surface area contributed by atoms with Crippen LogP contribution in [0.5, 0.6) is 0 Å². The molecule has 84 valence electrons. The molecule has 0 aliphatic rings. The van der Waals surface area contributed by atoms with Crippen LogP contribution in [0.15, 0.2) is 0 Å². The molecule has 0 aromatic heterocycles. The Morgan fingerprint density at radius 2 is 1.86 bits per heavy atom. The van der Waals surface area contributed by atoms with E-state index in [2.05, 4.69) is 13.8 Å². The molecule has 0 aromatic carbocycles. The fraction of sp³-hybridized carbons (Fsp3) is 0.909. The molecular weight excluding hydrogens is 176 g/mol. The average molecular weight is 200 g/mol. The van der Waals surface area contributed by atoms with Gasteiger partial charge in [0, 0.05) is 13.1 Å². The fourth-order valence-electron chi connectivity index (χ4n) is 1.35. The molecule has 2 atom stereocenters. The maximum absolute atomic E-state index is 11.8. The van der Waals surface area contributed by atoms with Crippen LogP contribution in [0.2, 0.25) is 0 Å². The van der Waals surface area contributed by atoms with E-state index in [0.29, 0.717) is 0 Å². The molecule has 0 fully saturated rings. The fourth-order valence-corrected chi connectivity index (χ4v) is 1.35. The van der Waals surface area contributed by atoms with E-state index in [1.807, 2.05) is 20.9 Å². The first-order valence-electron chi connectivity index (χ1n) is 5.44. The summed E-state index contributed by atoms with van der Waals surface area (Å²) in [6, 6.07) is -0.0726. The van der Waals surface area contributed by atoms with Gasteiger partial charge in [-0.15, -0.1) is 0 Å². The topological polar surface area (TPSA) is 46.3 Å². The van der Waals surface area contributed by atoms with Crippen molar-refractivity contribution in [2.45, 2.75) is 52.6 Å². The molecular formula is C11H24N2O. The third-order valence-electron chi connectivity index (χ3n) is 2.72. The Morgan fingerprint density at radius 3 is 2.21 bits per heavy atom. The lowest BCUT2D eigenvalue weighted by Crippen LogP contribution is -2.47. The molecule has 1 amide bonds.